The van der Waals surface area contributed by atoms with Gasteiger partial charge in [-0.1, -0.05) is 6.07 Å². The lowest BCUT2D eigenvalue weighted by atomic mass is 10.0. The summed E-state index contributed by atoms with van der Waals surface area (Å²) in [6, 6.07) is 11.3. The summed E-state index contributed by atoms with van der Waals surface area (Å²) < 4.78 is 43.8. The van der Waals surface area contributed by atoms with Gasteiger partial charge in [-0.05, 0) is 41.5 Å². The number of carbonyl (C=O) groups is 1. The standard InChI is InChI=1S/C22H19F3N4O2/c23-22(24,25)16-2-4-20(28-12-16)31-17-7-10-29(13-17)19-3-1-15(11-18(19)21(26)30)14-5-8-27-9-6-14/h1-6,8-9,11-12,17H,7,10,13H2,(H2,26,30)/t17-/m0/s1. The summed E-state index contributed by atoms with van der Waals surface area (Å²) in [6.07, 6.45) is 0.0155. The number of rotatable bonds is 5. The predicted octanol–water partition coefficient (Wildman–Crippen LogP) is 3.92. The van der Waals surface area contributed by atoms with E-state index in [0.717, 1.165) is 23.4 Å². The van der Waals surface area contributed by atoms with Gasteiger partial charge in [-0.3, -0.25) is 9.78 Å². The SMILES string of the molecule is NC(=O)c1cc(-c2ccncc2)ccc1N1CC[C@H](Oc2ccc(C(F)(F)F)cn2)C1. The number of alkyl halides is 3. The monoisotopic (exact) mass is 428 g/mol. The first-order valence-corrected chi connectivity index (χ1v) is 9.60. The molecule has 31 heavy (non-hydrogen) atoms. The Morgan fingerprint density at radius 2 is 1.87 bits per heavy atom. The van der Waals surface area contributed by atoms with Crippen LogP contribution in [-0.4, -0.2) is 35.1 Å². The highest BCUT2D eigenvalue weighted by Crippen LogP contribution is 2.32. The number of benzene rings is 1. The minimum atomic E-state index is -4.44. The van der Waals surface area contributed by atoms with Crippen LogP contribution in [0.2, 0.25) is 0 Å². The van der Waals surface area contributed by atoms with Gasteiger partial charge in [-0.25, -0.2) is 4.98 Å². The molecule has 2 aromatic heterocycles. The summed E-state index contributed by atoms with van der Waals surface area (Å²) in [6.45, 7) is 1.07. The topological polar surface area (TPSA) is 81.3 Å². The first kappa shape index (κ1) is 20.6. The van der Waals surface area contributed by atoms with E-state index in [1.807, 2.05) is 29.2 Å². The fourth-order valence-electron chi connectivity index (χ4n) is 3.56. The van der Waals surface area contributed by atoms with Gasteiger partial charge in [0, 0.05) is 43.3 Å². The number of ether oxygens (including phenoxy) is 1. The number of aromatic nitrogens is 2. The molecule has 1 saturated heterocycles. The molecule has 6 nitrogen and oxygen atoms in total. The number of carbonyl (C=O) groups excluding carboxylic acids is 1. The molecule has 0 spiro atoms. The highest BCUT2D eigenvalue weighted by molar-refractivity contribution is 6.00. The molecule has 0 unspecified atom stereocenters. The Labute approximate surface area is 176 Å². The molecule has 1 fully saturated rings. The zero-order valence-electron chi connectivity index (χ0n) is 16.3. The number of hydrogen-bond acceptors (Lipinski definition) is 5. The van der Waals surface area contributed by atoms with E-state index in [2.05, 4.69) is 9.97 Å². The number of hydrogen-bond donors (Lipinski definition) is 1. The maximum atomic E-state index is 12.7. The zero-order valence-corrected chi connectivity index (χ0v) is 16.3. The lowest BCUT2D eigenvalue weighted by Gasteiger charge is -2.22. The Kier molecular flexibility index (Phi) is 5.50. The number of primary amides is 1. The molecule has 3 heterocycles. The molecule has 2 N–H and O–H groups in total. The van der Waals surface area contributed by atoms with Crippen LogP contribution in [0.3, 0.4) is 0 Å². The smallest absolute Gasteiger partial charge is 0.417 e. The number of amides is 1. The van der Waals surface area contributed by atoms with Gasteiger partial charge in [0.2, 0.25) is 5.88 Å². The van der Waals surface area contributed by atoms with Crippen LogP contribution in [0.15, 0.2) is 61.1 Å². The summed E-state index contributed by atoms with van der Waals surface area (Å²) in [5, 5.41) is 0. The van der Waals surface area contributed by atoms with Crippen LogP contribution >= 0.6 is 0 Å². The Morgan fingerprint density at radius 3 is 2.52 bits per heavy atom. The number of nitrogens with zero attached hydrogens (tertiary/aromatic N) is 3. The molecule has 1 atom stereocenters. The summed E-state index contributed by atoms with van der Waals surface area (Å²) in [5.41, 5.74) is 7.65. The van der Waals surface area contributed by atoms with E-state index in [9.17, 15) is 18.0 Å². The second-order valence-electron chi connectivity index (χ2n) is 7.19. The normalized spacial score (nSPS) is 16.4. The largest absolute Gasteiger partial charge is 0.472 e. The van der Waals surface area contributed by atoms with Crippen molar-refractivity contribution in [1.29, 1.82) is 0 Å². The van der Waals surface area contributed by atoms with E-state index in [1.54, 1.807) is 18.5 Å². The molecule has 9 heteroatoms. The average Bonchev–Trinajstić information content (AvgIpc) is 3.22. The van der Waals surface area contributed by atoms with Crippen LogP contribution in [0.1, 0.15) is 22.3 Å². The maximum Gasteiger partial charge on any atom is 0.417 e. The fourth-order valence-corrected chi connectivity index (χ4v) is 3.56. The quantitative estimate of drug-likeness (QED) is 0.666. The molecule has 0 radical (unpaired) electrons. The van der Waals surface area contributed by atoms with Crippen molar-refractivity contribution < 1.29 is 22.7 Å². The molecule has 0 saturated carbocycles. The Bertz CT molecular complexity index is 1070. The molecule has 0 bridgehead atoms. The predicted molar refractivity (Wildman–Crippen MR) is 109 cm³/mol. The molecule has 1 aliphatic rings. The van der Waals surface area contributed by atoms with Gasteiger partial charge in [0.1, 0.15) is 6.10 Å². The fraction of sp³-hybridized carbons (Fsp3) is 0.227. The Hall–Kier alpha value is -3.62. The van der Waals surface area contributed by atoms with Gasteiger partial charge in [0.05, 0.1) is 17.7 Å². The van der Waals surface area contributed by atoms with Gasteiger partial charge >= 0.3 is 6.18 Å². The van der Waals surface area contributed by atoms with E-state index in [-0.39, 0.29) is 12.0 Å². The number of anilines is 1. The average molecular weight is 428 g/mol. The van der Waals surface area contributed by atoms with Gasteiger partial charge in [-0.2, -0.15) is 13.2 Å². The van der Waals surface area contributed by atoms with Crippen LogP contribution in [0.25, 0.3) is 11.1 Å². The third-order valence-corrected chi connectivity index (χ3v) is 5.11. The van der Waals surface area contributed by atoms with Crippen LogP contribution in [-0.2, 0) is 6.18 Å². The first-order valence-electron chi connectivity index (χ1n) is 9.60. The zero-order chi connectivity index (χ0) is 22.0. The van der Waals surface area contributed by atoms with Crippen molar-refractivity contribution in [2.24, 2.45) is 5.73 Å². The number of halogens is 3. The molecule has 0 aliphatic carbocycles. The van der Waals surface area contributed by atoms with Gasteiger partial charge in [0.25, 0.3) is 5.91 Å². The second kappa shape index (κ2) is 8.25. The highest BCUT2D eigenvalue weighted by Gasteiger charge is 2.31. The summed E-state index contributed by atoms with van der Waals surface area (Å²) in [5.74, 6) is -0.414. The molecule has 3 aromatic rings. The van der Waals surface area contributed by atoms with Crippen molar-refractivity contribution in [2.45, 2.75) is 18.7 Å². The summed E-state index contributed by atoms with van der Waals surface area (Å²) >= 11 is 0. The Balaban J connectivity index is 1.49. The lowest BCUT2D eigenvalue weighted by Crippen LogP contribution is -2.27. The van der Waals surface area contributed by atoms with Crippen LogP contribution in [0.4, 0.5) is 18.9 Å². The van der Waals surface area contributed by atoms with Crippen LogP contribution in [0.5, 0.6) is 5.88 Å². The summed E-state index contributed by atoms with van der Waals surface area (Å²) in [7, 11) is 0. The first-order chi connectivity index (χ1) is 14.8. The molecular weight excluding hydrogens is 409 g/mol. The number of nitrogens with two attached hydrogens (primary N) is 1. The molecule has 4 rings (SSSR count). The minimum absolute atomic E-state index is 0.128. The highest BCUT2D eigenvalue weighted by atomic mass is 19.4. The molecule has 1 amide bonds. The maximum absolute atomic E-state index is 12.7. The van der Waals surface area contributed by atoms with Crippen molar-refractivity contribution in [3.05, 3.63) is 72.2 Å². The minimum Gasteiger partial charge on any atom is -0.472 e. The van der Waals surface area contributed by atoms with Gasteiger partial charge < -0.3 is 15.4 Å². The molecule has 1 aliphatic heterocycles. The van der Waals surface area contributed by atoms with Gasteiger partial charge in [-0.15, -0.1) is 0 Å². The van der Waals surface area contributed by atoms with E-state index in [0.29, 0.717) is 30.8 Å². The van der Waals surface area contributed by atoms with Crippen LogP contribution < -0.4 is 15.4 Å². The van der Waals surface area contributed by atoms with E-state index in [4.69, 9.17) is 10.5 Å². The summed E-state index contributed by atoms with van der Waals surface area (Å²) in [4.78, 5) is 21.8. The van der Waals surface area contributed by atoms with Crippen molar-refractivity contribution >= 4 is 11.6 Å². The lowest BCUT2D eigenvalue weighted by molar-refractivity contribution is -0.137. The van der Waals surface area contributed by atoms with Crippen molar-refractivity contribution in [3.8, 4) is 17.0 Å². The Morgan fingerprint density at radius 1 is 1.10 bits per heavy atom. The van der Waals surface area contributed by atoms with E-state index < -0.39 is 17.6 Å². The van der Waals surface area contributed by atoms with E-state index >= 15 is 0 Å². The molecule has 1 aromatic carbocycles. The molecule has 160 valence electrons. The van der Waals surface area contributed by atoms with Gasteiger partial charge in [0.15, 0.2) is 0 Å². The number of pyridine rings is 2. The third-order valence-electron chi connectivity index (χ3n) is 5.11. The van der Waals surface area contributed by atoms with Crippen molar-refractivity contribution in [1.82, 2.24) is 9.97 Å². The third kappa shape index (κ3) is 4.60. The van der Waals surface area contributed by atoms with Crippen molar-refractivity contribution in [2.75, 3.05) is 18.0 Å². The van der Waals surface area contributed by atoms with Crippen molar-refractivity contribution in [3.63, 3.8) is 0 Å². The van der Waals surface area contributed by atoms with E-state index in [1.165, 1.54) is 6.07 Å². The second-order valence-corrected chi connectivity index (χ2v) is 7.19. The van der Waals surface area contributed by atoms with Crippen LogP contribution in [0, 0.1) is 0 Å². The molecular formula is C22H19F3N4O2.